The molecule has 0 N–H and O–H groups in total. The predicted molar refractivity (Wildman–Crippen MR) is 67.3 cm³/mol. The molecule has 3 nitrogen and oxygen atoms in total. The topological polar surface area (TPSA) is 30.7 Å². The van der Waals surface area contributed by atoms with Crippen molar-refractivity contribution in [2.45, 2.75) is 25.8 Å². The lowest BCUT2D eigenvalue weighted by atomic mass is 10.4. The van der Waals surface area contributed by atoms with Gasteiger partial charge in [0.1, 0.15) is 0 Å². The van der Waals surface area contributed by atoms with E-state index in [4.69, 9.17) is 23.2 Å². The molecule has 2 aromatic rings. The van der Waals surface area contributed by atoms with Gasteiger partial charge < -0.3 is 0 Å². The molecule has 0 saturated heterocycles. The van der Waals surface area contributed by atoms with Crippen LogP contribution in [-0.4, -0.2) is 14.8 Å². The first-order valence-electron chi connectivity index (χ1n) is 4.88. The molecule has 0 bridgehead atoms. The maximum absolute atomic E-state index is 5.92. The Morgan fingerprint density at radius 3 is 2.88 bits per heavy atom. The van der Waals surface area contributed by atoms with Crippen LogP contribution in [0.15, 0.2) is 11.6 Å². The molecule has 0 radical (unpaired) electrons. The second-order valence-corrected chi connectivity index (χ2v) is 5.03. The van der Waals surface area contributed by atoms with E-state index >= 15 is 0 Å². The van der Waals surface area contributed by atoms with Gasteiger partial charge in [0.15, 0.2) is 0 Å². The molecule has 0 spiro atoms. The number of thiazole rings is 1. The molecule has 6 heteroatoms. The smallest absolute Gasteiger partial charge is 0.0947 e. The number of aromatic nitrogens is 3. The fraction of sp³-hybridized carbons (Fsp3) is 0.400. The zero-order valence-electron chi connectivity index (χ0n) is 8.78. The molecule has 86 valence electrons. The molecular weight excluding hydrogens is 265 g/mol. The first-order valence-corrected chi connectivity index (χ1v) is 6.67. The number of aryl methyl sites for hydroxylation is 2. The standard InChI is InChI=1S/C10H11Cl2N3S/c1-7-9(12)5-13-15(7)3-2-10-14-8(4-11)6-16-10/h5-6H,2-4H2,1H3. The maximum Gasteiger partial charge on any atom is 0.0947 e. The van der Waals surface area contributed by atoms with Crippen molar-refractivity contribution in [3.8, 4) is 0 Å². The van der Waals surface area contributed by atoms with Crippen LogP contribution in [0.25, 0.3) is 0 Å². The third-order valence-electron chi connectivity index (χ3n) is 2.32. The lowest BCUT2D eigenvalue weighted by Crippen LogP contribution is -2.04. The predicted octanol–water partition coefficient (Wildman–Crippen LogP) is 3.28. The van der Waals surface area contributed by atoms with Gasteiger partial charge in [0.25, 0.3) is 0 Å². The third kappa shape index (κ3) is 2.56. The molecular formula is C10H11Cl2N3S. The minimum absolute atomic E-state index is 0.475. The quantitative estimate of drug-likeness (QED) is 0.802. The summed E-state index contributed by atoms with van der Waals surface area (Å²) in [5.74, 6) is 0.475. The van der Waals surface area contributed by atoms with Crippen LogP contribution in [0.3, 0.4) is 0 Å². The number of hydrogen-bond acceptors (Lipinski definition) is 3. The summed E-state index contributed by atoms with van der Waals surface area (Å²) in [7, 11) is 0. The normalized spacial score (nSPS) is 10.9. The van der Waals surface area contributed by atoms with Gasteiger partial charge >= 0.3 is 0 Å². The second kappa shape index (κ2) is 5.17. The van der Waals surface area contributed by atoms with Crippen molar-refractivity contribution < 1.29 is 0 Å². The molecule has 2 heterocycles. The van der Waals surface area contributed by atoms with Crippen LogP contribution in [0.2, 0.25) is 5.02 Å². The van der Waals surface area contributed by atoms with E-state index in [9.17, 15) is 0 Å². The van der Waals surface area contributed by atoms with Gasteiger partial charge in [-0.05, 0) is 6.92 Å². The highest BCUT2D eigenvalue weighted by molar-refractivity contribution is 7.09. The highest BCUT2D eigenvalue weighted by Crippen LogP contribution is 2.16. The number of hydrogen-bond donors (Lipinski definition) is 0. The molecule has 0 atom stereocenters. The van der Waals surface area contributed by atoms with Gasteiger partial charge in [-0.2, -0.15) is 5.10 Å². The molecule has 2 rings (SSSR count). The van der Waals surface area contributed by atoms with Crippen molar-refractivity contribution in [2.24, 2.45) is 0 Å². The summed E-state index contributed by atoms with van der Waals surface area (Å²) in [4.78, 5) is 4.39. The van der Waals surface area contributed by atoms with Crippen LogP contribution in [-0.2, 0) is 18.8 Å². The Morgan fingerprint density at radius 1 is 1.50 bits per heavy atom. The second-order valence-electron chi connectivity index (χ2n) is 3.42. The summed E-state index contributed by atoms with van der Waals surface area (Å²) in [6.07, 6.45) is 2.53. The van der Waals surface area contributed by atoms with Gasteiger partial charge in [-0.3, -0.25) is 4.68 Å². The minimum Gasteiger partial charge on any atom is -0.268 e. The Morgan fingerprint density at radius 2 is 2.31 bits per heavy atom. The first kappa shape index (κ1) is 11.9. The molecule has 16 heavy (non-hydrogen) atoms. The number of nitrogens with zero attached hydrogens (tertiary/aromatic N) is 3. The number of rotatable bonds is 4. The van der Waals surface area contributed by atoms with Crippen LogP contribution < -0.4 is 0 Å². The van der Waals surface area contributed by atoms with E-state index in [0.29, 0.717) is 10.9 Å². The van der Waals surface area contributed by atoms with Crippen LogP contribution in [0.1, 0.15) is 16.4 Å². The highest BCUT2D eigenvalue weighted by atomic mass is 35.5. The fourth-order valence-corrected chi connectivity index (χ4v) is 2.53. The minimum atomic E-state index is 0.475. The molecule has 0 amide bonds. The highest BCUT2D eigenvalue weighted by Gasteiger charge is 2.05. The fourth-order valence-electron chi connectivity index (χ4n) is 1.38. The van der Waals surface area contributed by atoms with Crippen LogP contribution in [0.4, 0.5) is 0 Å². The SMILES string of the molecule is Cc1c(Cl)cnn1CCc1nc(CCl)cs1. The Kier molecular flexibility index (Phi) is 3.84. The van der Waals surface area contributed by atoms with Gasteiger partial charge in [-0.25, -0.2) is 4.98 Å². The van der Waals surface area contributed by atoms with Crippen LogP contribution >= 0.6 is 34.5 Å². The lowest BCUT2D eigenvalue weighted by Gasteiger charge is -2.01. The molecule has 0 aliphatic carbocycles. The van der Waals surface area contributed by atoms with Gasteiger partial charge in [-0.15, -0.1) is 22.9 Å². The van der Waals surface area contributed by atoms with E-state index < -0.39 is 0 Å². The van der Waals surface area contributed by atoms with Gasteiger partial charge in [-0.1, -0.05) is 11.6 Å². The van der Waals surface area contributed by atoms with Crippen molar-refractivity contribution in [1.29, 1.82) is 0 Å². The van der Waals surface area contributed by atoms with E-state index in [-0.39, 0.29) is 0 Å². The van der Waals surface area contributed by atoms with Crippen molar-refractivity contribution in [1.82, 2.24) is 14.8 Å². The Bertz CT molecular complexity index is 478. The van der Waals surface area contributed by atoms with Crippen LogP contribution in [0, 0.1) is 6.92 Å². The summed E-state index contributed by atoms with van der Waals surface area (Å²) >= 11 is 13.3. The van der Waals surface area contributed by atoms with Gasteiger partial charge in [0.05, 0.1) is 33.5 Å². The van der Waals surface area contributed by atoms with E-state index in [0.717, 1.165) is 29.4 Å². The van der Waals surface area contributed by atoms with E-state index in [1.165, 1.54) is 0 Å². The zero-order chi connectivity index (χ0) is 11.5. The van der Waals surface area contributed by atoms with Gasteiger partial charge in [0, 0.05) is 18.3 Å². The average Bonchev–Trinajstić information content (AvgIpc) is 2.86. The molecule has 2 aromatic heterocycles. The zero-order valence-corrected chi connectivity index (χ0v) is 11.1. The number of alkyl halides is 1. The summed E-state index contributed by atoms with van der Waals surface area (Å²) in [5, 5.41) is 7.98. The Labute approximate surface area is 108 Å². The summed E-state index contributed by atoms with van der Waals surface area (Å²) < 4.78 is 1.89. The number of halogens is 2. The third-order valence-corrected chi connectivity index (χ3v) is 3.92. The van der Waals surface area contributed by atoms with E-state index in [2.05, 4.69) is 10.1 Å². The lowest BCUT2D eigenvalue weighted by molar-refractivity contribution is 0.597. The van der Waals surface area contributed by atoms with Crippen molar-refractivity contribution in [2.75, 3.05) is 0 Å². The molecule has 0 fully saturated rings. The molecule has 0 unspecified atom stereocenters. The molecule has 0 aromatic carbocycles. The van der Waals surface area contributed by atoms with Crippen molar-refractivity contribution in [3.63, 3.8) is 0 Å². The summed E-state index contributed by atoms with van der Waals surface area (Å²) in [5.41, 5.74) is 1.94. The molecule has 0 aliphatic rings. The van der Waals surface area contributed by atoms with Crippen molar-refractivity contribution in [3.05, 3.63) is 33.0 Å². The Balaban J connectivity index is 1.99. The summed E-state index contributed by atoms with van der Waals surface area (Å²) in [6, 6.07) is 0. The molecule has 0 aliphatic heterocycles. The van der Waals surface area contributed by atoms with E-state index in [1.54, 1.807) is 17.5 Å². The van der Waals surface area contributed by atoms with Crippen molar-refractivity contribution >= 4 is 34.5 Å². The average molecular weight is 276 g/mol. The van der Waals surface area contributed by atoms with E-state index in [1.807, 2.05) is 17.0 Å². The Hall–Kier alpha value is -0.580. The summed E-state index contributed by atoms with van der Waals surface area (Å²) in [6.45, 7) is 2.76. The van der Waals surface area contributed by atoms with Gasteiger partial charge in [0.2, 0.25) is 0 Å². The first-order chi connectivity index (χ1) is 7.70. The van der Waals surface area contributed by atoms with Crippen LogP contribution in [0.5, 0.6) is 0 Å². The maximum atomic E-state index is 5.92. The largest absolute Gasteiger partial charge is 0.268 e. The molecule has 0 saturated carbocycles. The monoisotopic (exact) mass is 275 g/mol.